The van der Waals surface area contributed by atoms with Crippen LogP contribution in [0.4, 0.5) is 5.69 Å². The van der Waals surface area contributed by atoms with Crippen LogP contribution in [0, 0.1) is 0 Å². The summed E-state index contributed by atoms with van der Waals surface area (Å²) >= 11 is 0. The number of aromatic amines is 1. The number of hydrogen-bond acceptors (Lipinski definition) is 3. The molecule has 0 atom stereocenters. The standard InChI is InChI=1S/C17H13N5O/c23-17(13-2-1-12-3-8-19-16(12)9-13)21-14-10-20-22(11-14)15-4-6-18-7-5-15/h1-11,19H,(H,21,23). The molecule has 0 radical (unpaired) electrons. The number of nitrogens with one attached hydrogen (secondary N) is 2. The lowest BCUT2D eigenvalue weighted by atomic mass is 10.1. The minimum absolute atomic E-state index is 0.171. The predicted octanol–water partition coefficient (Wildman–Crippen LogP) is 3.00. The number of pyridine rings is 1. The van der Waals surface area contributed by atoms with Crippen molar-refractivity contribution in [1.29, 1.82) is 0 Å². The van der Waals surface area contributed by atoms with Gasteiger partial charge in [0, 0.05) is 29.7 Å². The summed E-state index contributed by atoms with van der Waals surface area (Å²) in [6.07, 6.45) is 8.62. The Bertz CT molecular complexity index is 971. The first-order valence-corrected chi connectivity index (χ1v) is 7.13. The molecule has 0 unspecified atom stereocenters. The third-order valence-corrected chi connectivity index (χ3v) is 3.58. The number of anilines is 1. The van der Waals surface area contributed by atoms with Gasteiger partial charge in [-0.25, -0.2) is 4.68 Å². The molecule has 1 amide bonds. The Balaban J connectivity index is 1.55. The lowest BCUT2D eigenvalue weighted by Crippen LogP contribution is -2.11. The van der Waals surface area contributed by atoms with Crippen LogP contribution in [0.5, 0.6) is 0 Å². The SMILES string of the molecule is O=C(Nc1cnn(-c2ccncc2)c1)c1ccc2cc[nH]c2c1. The van der Waals surface area contributed by atoms with Gasteiger partial charge in [-0.2, -0.15) is 5.10 Å². The molecule has 0 aliphatic heterocycles. The maximum atomic E-state index is 12.4. The van der Waals surface area contributed by atoms with E-state index in [1.54, 1.807) is 35.5 Å². The fourth-order valence-electron chi connectivity index (χ4n) is 2.42. The van der Waals surface area contributed by atoms with Crippen LogP contribution in [-0.2, 0) is 0 Å². The largest absolute Gasteiger partial charge is 0.361 e. The summed E-state index contributed by atoms with van der Waals surface area (Å²) in [7, 11) is 0. The summed E-state index contributed by atoms with van der Waals surface area (Å²) in [5, 5.41) is 8.17. The quantitative estimate of drug-likeness (QED) is 0.611. The Morgan fingerprint density at radius 1 is 1.13 bits per heavy atom. The van der Waals surface area contributed by atoms with Gasteiger partial charge in [-0.15, -0.1) is 0 Å². The number of hydrogen-bond donors (Lipinski definition) is 2. The second-order valence-electron chi connectivity index (χ2n) is 5.11. The normalized spacial score (nSPS) is 10.8. The van der Waals surface area contributed by atoms with Crippen LogP contribution in [0.3, 0.4) is 0 Å². The molecule has 112 valence electrons. The number of aromatic nitrogens is 4. The molecular formula is C17H13N5O. The molecule has 0 spiro atoms. The van der Waals surface area contributed by atoms with Crippen molar-refractivity contribution in [3.8, 4) is 5.69 Å². The van der Waals surface area contributed by atoms with Crippen molar-refractivity contribution in [2.24, 2.45) is 0 Å². The first kappa shape index (κ1) is 13.3. The second-order valence-corrected chi connectivity index (χ2v) is 5.11. The van der Waals surface area contributed by atoms with E-state index in [0.29, 0.717) is 11.3 Å². The number of carbonyl (C=O) groups excluding carboxylic acids is 1. The molecule has 0 saturated heterocycles. The summed E-state index contributed by atoms with van der Waals surface area (Å²) in [5.74, 6) is -0.171. The van der Waals surface area contributed by atoms with Gasteiger partial charge in [-0.3, -0.25) is 9.78 Å². The Morgan fingerprint density at radius 2 is 2.00 bits per heavy atom. The van der Waals surface area contributed by atoms with Gasteiger partial charge >= 0.3 is 0 Å². The van der Waals surface area contributed by atoms with Crippen molar-refractivity contribution in [2.75, 3.05) is 5.32 Å². The third kappa shape index (κ3) is 2.57. The number of benzene rings is 1. The van der Waals surface area contributed by atoms with E-state index < -0.39 is 0 Å². The van der Waals surface area contributed by atoms with Crippen molar-refractivity contribution >= 4 is 22.5 Å². The Morgan fingerprint density at radius 3 is 2.87 bits per heavy atom. The molecule has 6 nitrogen and oxygen atoms in total. The number of nitrogens with zero attached hydrogens (tertiary/aromatic N) is 3. The average Bonchev–Trinajstić information content (AvgIpc) is 3.24. The van der Waals surface area contributed by atoms with Crippen molar-refractivity contribution in [3.05, 3.63) is 72.9 Å². The Labute approximate surface area is 131 Å². The third-order valence-electron chi connectivity index (χ3n) is 3.58. The Hall–Kier alpha value is -3.41. The van der Waals surface area contributed by atoms with Gasteiger partial charge in [0.05, 0.1) is 23.8 Å². The van der Waals surface area contributed by atoms with Gasteiger partial charge in [-0.1, -0.05) is 6.07 Å². The van der Waals surface area contributed by atoms with E-state index in [1.165, 1.54) is 0 Å². The summed E-state index contributed by atoms with van der Waals surface area (Å²) in [6.45, 7) is 0. The molecule has 4 aromatic rings. The van der Waals surface area contributed by atoms with E-state index in [1.807, 2.05) is 36.5 Å². The average molecular weight is 303 g/mol. The summed E-state index contributed by atoms with van der Waals surface area (Å²) < 4.78 is 1.69. The molecule has 4 rings (SSSR count). The van der Waals surface area contributed by atoms with Crippen molar-refractivity contribution in [2.45, 2.75) is 0 Å². The van der Waals surface area contributed by atoms with Gasteiger partial charge in [-0.05, 0) is 35.7 Å². The predicted molar refractivity (Wildman–Crippen MR) is 87.6 cm³/mol. The molecule has 0 aliphatic carbocycles. The van der Waals surface area contributed by atoms with Gasteiger partial charge in [0.2, 0.25) is 0 Å². The topological polar surface area (TPSA) is 75.6 Å². The van der Waals surface area contributed by atoms with E-state index in [0.717, 1.165) is 16.6 Å². The second kappa shape index (κ2) is 5.42. The maximum absolute atomic E-state index is 12.4. The van der Waals surface area contributed by atoms with E-state index in [-0.39, 0.29) is 5.91 Å². The first-order valence-electron chi connectivity index (χ1n) is 7.13. The highest BCUT2D eigenvalue weighted by molar-refractivity contribution is 6.06. The van der Waals surface area contributed by atoms with E-state index >= 15 is 0 Å². The number of carbonyl (C=O) groups is 1. The van der Waals surface area contributed by atoms with E-state index in [9.17, 15) is 4.79 Å². The molecule has 6 heteroatoms. The fourth-order valence-corrected chi connectivity index (χ4v) is 2.42. The van der Waals surface area contributed by atoms with Crippen LogP contribution in [0.1, 0.15) is 10.4 Å². The van der Waals surface area contributed by atoms with Gasteiger partial charge in [0.15, 0.2) is 0 Å². The van der Waals surface area contributed by atoms with Crippen molar-refractivity contribution in [1.82, 2.24) is 19.7 Å². The smallest absolute Gasteiger partial charge is 0.255 e. The number of rotatable bonds is 3. The van der Waals surface area contributed by atoms with Crippen LogP contribution in [-0.4, -0.2) is 25.7 Å². The minimum Gasteiger partial charge on any atom is -0.361 e. The van der Waals surface area contributed by atoms with Crippen LogP contribution in [0.25, 0.3) is 16.6 Å². The molecule has 3 heterocycles. The summed E-state index contributed by atoms with van der Waals surface area (Å²) in [4.78, 5) is 19.4. The van der Waals surface area contributed by atoms with E-state index in [2.05, 4.69) is 20.4 Å². The van der Waals surface area contributed by atoms with Crippen LogP contribution in [0.15, 0.2) is 67.4 Å². The zero-order valence-corrected chi connectivity index (χ0v) is 12.1. The molecule has 23 heavy (non-hydrogen) atoms. The zero-order chi connectivity index (χ0) is 15.6. The number of amides is 1. The van der Waals surface area contributed by atoms with Crippen molar-refractivity contribution in [3.63, 3.8) is 0 Å². The highest BCUT2D eigenvalue weighted by atomic mass is 16.1. The molecule has 0 bridgehead atoms. The monoisotopic (exact) mass is 303 g/mol. The lowest BCUT2D eigenvalue weighted by Gasteiger charge is -2.03. The van der Waals surface area contributed by atoms with Crippen molar-refractivity contribution < 1.29 is 4.79 Å². The molecule has 1 aromatic carbocycles. The maximum Gasteiger partial charge on any atom is 0.255 e. The summed E-state index contributed by atoms with van der Waals surface area (Å²) in [6, 6.07) is 11.2. The molecule has 0 fully saturated rings. The minimum atomic E-state index is -0.171. The van der Waals surface area contributed by atoms with E-state index in [4.69, 9.17) is 0 Å². The Kier molecular flexibility index (Phi) is 3.12. The number of H-pyrrole nitrogens is 1. The molecule has 3 aromatic heterocycles. The fraction of sp³-hybridized carbons (Fsp3) is 0. The first-order chi connectivity index (χ1) is 11.3. The van der Waals surface area contributed by atoms with Gasteiger partial charge in [0.1, 0.15) is 0 Å². The van der Waals surface area contributed by atoms with Crippen LogP contribution in [0.2, 0.25) is 0 Å². The van der Waals surface area contributed by atoms with Crippen LogP contribution < -0.4 is 5.32 Å². The van der Waals surface area contributed by atoms with Crippen LogP contribution >= 0.6 is 0 Å². The molecule has 0 aliphatic rings. The van der Waals surface area contributed by atoms with Gasteiger partial charge < -0.3 is 10.3 Å². The molecular weight excluding hydrogens is 290 g/mol. The summed E-state index contributed by atoms with van der Waals surface area (Å²) in [5.41, 5.74) is 3.05. The highest BCUT2D eigenvalue weighted by Crippen LogP contribution is 2.16. The molecule has 0 saturated carbocycles. The highest BCUT2D eigenvalue weighted by Gasteiger charge is 2.09. The molecule has 2 N–H and O–H groups in total. The lowest BCUT2D eigenvalue weighted by molar-refractivity contribution is 0.102. The van der Waals surface area contributed by atoms with Gasteiger partial charge in [0.25, 0.3) is 5.91 Å². The number of fused-ring (bicyclic) bond motifs is 1. The zero-order valence-electron chi connectivity index (χ0n) is 12.1.